The van der Waals surface area contributed by atoms with E-state index in [-0.39, 0.29) is 0 Å². The Hall–Kier alpha value is 0.1000. The van der Waals surface area contributed by atoms with Crippen molar-refractivity contribution in [2.45, 2.75) is 19.4 Å². The van der Waals surface area contributed by atoms with Crippen LogP contribution >= 0.6 is 27.3 Å². The van der Waals surface area contributed by atoms with Gasteiger partial charge in [0.25, 0.3) is 0 Å². The average Bonchev–Trinajstić information content (AvgIpc) is 2.65. The summed E-state index contributed by atoms with van der Waals surface area (Å²) >= 11 is 5.37. The summed E-state index contributed by atoms with van der Waals surface area (Å²) in [5.74, 6) is 0. The van der Waals surface area contributed by atoms with E-state index in [0.717, 1.165) is 13.1 Å². The molecule has 1 fully saturated rings. The van der Waals surface area contributed by atoms with Crippen molar-refractivity contribution < 1.29 is 0 Å². The van der Waals surface area contributed by atoms with E-state index in [1.165, 1.54) is 28.2 Å². The van der Waals surface area contributed by atoms with E-state index in [9.17, 15) is 0 Å². The lowest BCUT2D eigenvalue weighted by molar-refractivity contribution is 0.184. The van der Waals surface area contributed by atoms with E-state index in [2.05, 4.69) is 45.2 Å². The van der Waals surface area contributed by atoms with Crippen molar-refractivity contribution >= 4 is 27.3 Å². The first-order chi connectivity index (χ1) is 7.25. The summed E-state index contributed by atoms with van der Waals surface area (Å²) in [6.45, 7) is 6.98. The molecule has 1 saturated heterocycles. The van der Waals surface area contributed by atoms with E-state index in [1.54, 1.807) is 0 Å². The van der Waals surface area contributed by atoms with E-state index < -0.39 is 0 Å². The molecule has 1 atom stereocenters. The monoisotopic (exact) mass is 288 g/mol. The standard InChI is InChI=1S/C11H17BrN2S/c1-9(14-6-4-13-5-7-14)8-10-2-3-11(12)15-10/h2-3,9,13H,4-8H2,1H3. The molecule has 0 bridgehead atoms. The summed E-state index contributed by atoms with van der Waals surface area (Å²) in [6, 6.07) is 5.04. The zero-order valence-electron chi connectivity index (χ0n) is 9.00. The second-order valence-corrected chi connectivity index (χ2v) is 6.59. The number of thiophene rings is 1. The highest BCUT2D eigenvalue weighted by Crippen LogP contribution is 2.24. The molecule has 0 radical (unpaired) electrons. The quantitative estimate of drug-likeness (QED) is 0.919. The average molecular weight is 289 g/mol. The fraction of sp³-hybridized carbons (Fsp3) is 0.636. The van der Waals surface area contributed by atoms with Gasteiger partial charge in [0, 0.05) is 37.1 Å². The van der Waals surface area contributed by atoms with Gasteiger partial charge >= 0.3 is 0 Å². The van der Waals surface area contributed by atoms with Gasteiger partial charge in [-0.25, -0.2) is 0 Å². The largest absolute Gasteiger partial charge is 0.314 e. The molecule has 1 aromatic rings. The molecule has 4 heteroatoms. The normalized spacial score (nSPS) is 20.4. The van der Waals surface area contributed by atoms with Crippen molar-refractivity contribution in [1.29, 1.82) is 0 Å². The smallest absolute Gasteiger partial charge is 0.0701 e. The molecule has 2 rings (SSSR count). The first-order valence-corrected chi connectivity index (χ1v) is 7.05. The Labute approximate surface area is 104 Å². The van der Waals surface area contributed by atoms with Crippen LogP contribution in [0.5, 0.6) is 0 Å². The van der Waals surface area contributed by atoms with Crippen LogP contribution in [0.3, 0.4) is 0 Å². The molecule has 84 valence electrons. The Morgan fingerprint density at radius 3 is 2.80 bits per heavy atom. The number of halogens is 1. The van der Waals surface area contributed by atoms with Crippen LogP contribution in [0.1, 0.15) is 11.8 Å². The molecule has 0 amide bonds. The van der Waals surface area contributed by atoms with Crippen molar-refractivity contribution in [3.8, 4) is 0 Å². The molecule has 1 aliphatic heterocycles. The maximum atomic E-state index is 3.51. The number of hydrogen-bond acceptors (Lipinski definition) is 3. The molecule has 1 N–H and O–H groups in total. The summed E-state index contributed by atoms with van der Waals surface area (Å²) in [5, 5.41) is 3.39. The number of hydrogen-bond donors (Lipinski definition) is 1. The Kier molecular flexibility index (Phi) is 4.20. The third-order valence-corrected chi connectivity index (χ3v) is 4.55. The lowest BCUT2D eigenvalue weighted by Crippen LogP contribution is -2.48. The van der Waals surface area contributed by atoms with Gasteiger partial charge in [0.1, 0.15) is 0 Å². The Bertz CT molecular complexity index is 307. The van der Waals surface area contributed by atoms with Crippen LogP contribution in [0.2, 0.25) is 0 Å². The Morgan fingerprint density at radius 1 is 1.47 bits per heavy atom. The van der Waals surface area contributed by atoms with Crippen LogP contribution in [-0.2, 0) is 6.42 Å². The van der Waals surface area contributed by atoms with Gasteiger partial charge in [-0.1, -0.05) is 0 Å². The molecule has 1 aliphatic rings. The van der Waals surface area contributed by atoms with Gasteiger partial charge in [0.15, 0.2) is 0 Å². The van der Waals surface area contributed by atoms with Crippen LogP contribution in [0.4, 0.5) is 0 Å². The van der Waals surface area contributed by atoms with Gasteiger partial charge in [0.05, 0.1) is 3.79 Å². The first kappa shape index (κ1) is 11.6. The summed E-state index contributed by atoms with van der Waals surface area (Å²) in [7, 11) is 0. The summed E-state index contributed by atoms with van der Waals surface area (Å²) in [4.78, 5) is 4.05. The maximum Gasteiger partial charge on any atom is 0.0701 e. The number of nitrogens with zero attached hydrogens (tertiary/aromatic N) is 1. The van der Waals surface area contributed by atoms with E-state index in [4.69, 9.17) is 0 Å². The third-order valence-electron chi connectivity index (χ3n) is 2.90. The molecule has 2 nitrogen and oxygen atoms in total. The fourth-order valence-electron chi connectivity index (χ4n) is 2.00. The zero-order chi connectivity index (χ0) is 10.7. The summed E-state index contributed by atoms with van der Waals surface area (Å²) < 4.78 is 1.24. The van der Waals surface area contributed by atoms with E-state index in [0.29, 0.717) is 6.04 Å². The Morgan fingerprint density at radius 2 is 2.20 bits per heavy atom. The van der Waals surface area contributed by atoms with Crippen LogP contribution < -0.4 is 5.32 Å². The molecule has 0 aliphatic carbocycles. The van der Waals surface area contributed by atoms with Crippen molar-refractivity contribution in [2.24, 2.45) is 0 Å². The fourth-order valence-corrected chi connectivity index (χ4v) is 3.61. The number of rotatable bonds is 3. The van der Waals surface area contributed by atoms with Crippen LogP contribution in [-0.4, -0.2) is 37.1 Å². The first-order valence-electron chi connectivity index (χ1n) is 5.44. The second-order valence-electron chi connectivity index (χ2n) is 4.04. The molecule has 1 aromatic heterocycles. The SMILES string of the molecule is CC(Cc1ccc(Br)s1)N1CCNCC1. The van der Waals surface area contributed by atoms with E-state index in [1.807, 2.05) is 11.3 Å². The highest BCUT2D eigenvalue weighted by molar-refractivity contribution is 9.11. The second kappa shape index (κ2) is 5.43. The number of nitrogens with one attached hydrogen (secondary N) is 1. The third kappa shape index (κ3) is 3.28. The van der Waals surface area contributed by atoms with Gasteiger partial charge in [-0.05, 0) is 41.4 Å². The topological polar surface area (TPSA) is 15.3 Å². The lowest BCUT2D eigenvalue weighted by Gasteiger charge is -2.32. The summed E-state index contributed by atoms with van der Waals surface area (Å²) in [6.07, 6.45) is 1.18. The molecule has 15 heavy (non-hydrogen) atoms. The van der Waals surface area contributed by atoms with Crippen molar-refractivity contribution in [2.75, 3.05) is 26.2 Å². The maximum absolute atomic E-state index is 3.51. The van der Waals surface area contributed by atoms with Crippen molar-refractivity contribution in [3.63, 3.8) is 0 Å². The highest BCUT2D eigenvalue weighted by atomic mass is 79.9. The zero-order valence-corrected chi connectivity index (χ0v) is 11.4. The molecular weight excluding hydrogens is 272 g/mol. The predicted octanol–water partition coefficient (Wildman–Crippen LogP) is 2.35. The molecular formula is C11H17BrN2S. The van der Waals surface area contributed by atoms with Crippen LogP contribution in [0, 0.1) is 0 Å². The van der Waals surface area contributed by atoms with Gasteiger partial charge in [-0.15, -0.1) is 11.3 Å². The van der Waals surface area contributed by atoms with Crippen LogP contribution in [0.15, 0.2) is 15.9 Å². The lowest BCUT2D eigenvalue weighted by atomic mass is 10.1. The number of piperazine rings is 1. The Balaban J connectivity index is 1.88. The van der Waals surface area contributed by atoms with Crippen LogP contribution in [0.25, 0.3) is 0 Å². The minimum Gasteiger partial charge on any atom is -0.314 e. The summed E-state index contributed by atoms with van der Waals surface area (Å²) in [5.41, 5.74) is 0. The van der Waals surface area contributed by atoms with Gasteiger partial charge < -0.3 is 5.32 Å². The predicted molar refractivity (Wildman–Crippen MR) is 69.6 cm³/mol. The molecule has 2 heterocycles. The van der Waals surface area contributed by atoms with Crippen molar-refractivity contribution in [1.82, 2.24) is 10.2 Å². The minimum atomic E-state index is 0.664. The van der Waals surface area contributed by atoms with Crippen molar-refractivity contribution in [3.05, 3.63) is 20.8 Å². The van der Waals surface area contributed by atoms with E-state index >= 15 is 0 Å². The van der Waals surface area contributed by atoms with Gasteiger partial charge in [0.2, 0.25) is 0 Å². The molecule has 1 unspecified atom stereocenters. The molecule has 0 saturated carbocycles. The van der Waals surface area contributed by atoms with Gasteiger partial charge in [-0.2, -0.15) is 0 Å². The highest BCUT2D eigenvalue weighted by Gasteiger charge is 2.16. The molecule has 0 aromatic carbocycles. The van der Waals surface area contributed by atoms with Gasteiger partial charge in [-0.3, -0.25) is 4.90 Å². The minimum absolute atomic E-state index is 0.664. The molecule has 0 spiro atoms.